The highest BCUT2D eigenvalue weighted by Gasteiger charge is 2.37. The van der Waals surface area contributed by atoms with Crippen LogP contribution < -0.4 is 4.74 Å². The Morgan fingerprint density at radius 1 is 0.932 bits per heavy atom. The third kappa shape index (κ3) is 11.5. The average Bonchev–Trinajstić information content (AvgIpc) is 3.00. The van der Waals surface area contributed by atoms with Crippen molar-refractivity contribution in [3.63, 3.8) is 0 Å². The van der Waals surface area contributed by atoms with Gasteiger partial charge < -0.3 is 28.1 Å². The van der Waals surface area contributed by atoms with Crippen LogP contribution >= 0.6 is 0 Å². The van der Waals surface area contributed by atoms with Gasteiger partial charge in [-0.3, -0.25) is 0 Å². The van der Waals surface area contributed by atoms with Crippen LogP contribution in [0.4, 0.5) is 0 Å². The molecular formula is C37H56O6Si. The minimum absolute atomic E-state index is 0.0308. The first-order valence-electron chi connectivity index (χ1n) is 16.0. The SMILES string of the molecule is COc1ccc(CO[C@H](CC2CCC=C(C(C)(C)C=CCO[Si](C)(C)C(C)(C)C)O2)[C@@H](C)OCOCc2ccccc2)cc1. The molecule has 1 heterocycles. The summed E-state index contributed by atoms with van der Waals surface area (Å²) in [5.41, 5.74) is 1.97. The van der Waals surface area contributed by atoms with Gasteiger partial charge in [0.25, 0.3) is 0 Å². The van der Waals surface area contributed by atoms with E-state index in [1.165, 1.54) is 0 Å². The van der Waals surface area contributed by atoms with Crippen molar-refractivity contribution in [3.05, 3.63) is 89.7 Å². The summed E-state index contributed by atoms with van der Waals surface area (Å²) in [6, 6.07) is 18.1. The largest absolute Gasteiger partial charge is 0.497 e. The molecule has 0 aromatic heterocycles. The maximum Gasteiger partial charge on any atom is 0.192 e. The minimum Gasteiger partial charge on any atom is -0.497 e. The first-order chi connectivity index (χ1) is 20.8. The van der Waals surface area contributed by atoms with E-state index in [1.54, 1.807) is 7.11 Å². The fourth-order valence-corrected chi connectivity index (χ4v) is 5.69. The number of hydrogen-bond acceptors (Lipinski definition) is 6. The number of methoxy groups -OCH3 is 1. The summed E-state index contributed by atoms with van der Waals surface area (Å²) in [4.78, 5) is 0. The highest BCUT2D eigenvalue weighted by Crippen LogP contribution is 2.38. The number of allylic oxidation sites excluding steroid dienone is 2. The van der Waals surface area contributed by atoms with E-state index >= 15 is 0 Å². The van der Waals surface area contributed by atoms with Crippen LogP contribution in [0.5, 0.6) is 5.75 Å². The van der Waals surface area contributed by atoms with E-state index in [9.17, 15) is 0 Å². The summed E-state index contributed by atoms with van der Waals surface area (Å²) in [6.45, 7) is 19.7. The van der Waals surface area contributed by atoms with Crippen molar-refractivity contribution < 1.29 is 28.1 Å². The Balaban J connectivity index is 1.60. The van der Waals surface area contributed by atoms with Gasteiger partial charge in [0.05, 0.1) is 39.1 Å². The highest BCUT2D eigenvalue weighted by molar-refractivity contribution is 6.74. The maximum absolute atomic E-state index is 6.64. The summed E-state index contributed by atoms with van der Waals surface area (Å²) >= 11 is 0. The van der Waals surface area contributed by atoms with Gasteiger partial charge in [-0.05, 0) is 81.1 Å². The van der Waals surface area contributed by atoms with Crippen molar-refractivity contribution in [2.75, 3.05) is 20.5 Å². The molecule has 2 aromatic rings. The molecule has 7 heteroatoms. The molecule has 0 aliphatic carbocycles. The minimum atomic E-state index is -1.79. The molecule has 0 saturated heterocycles. The van der Waals surface area contributed by atoms with Crippen LogP contribution in [0.3, 0.4) is 0 Å². The zero-order valence-corrected chi connectivity index (χ0v) is 29.6. The van der Waals surface area contributed by atoms with Gasteiger partial charge in [0.15, 0.2) is 8.32 Å². The third-order valence-corrected chi connectivity index (χ3v) is 13.3. The molecule has 44 heavy (non-hydrogen) atoms. The highest BCUT2D eigenvalue weighted by atomic mass is 28.4. The summed E-state index contributed by atoms with van der Waals surface area (Å²) in [7, 11) is -0.112. The fraction of sp³-hybridized carbons (Fsp3) is 0.568. The Morgan fingerprint density at radius 3 is 2.27 bits per heavy atom. The Hall–Kier alpha value is -2.42. The first kappa shape index (κ1) is 36.0. The second-order valence-corrected chi connectivity index (χ2v) is 18.6. The maximum atomic E-state index is 6.64. The van der Waals surface area contributed by atoms with E-state index in [4.69, 9.17) is 28.1 Å². The van der Waals surface area contributed by atoms with Crippen molar-refractivity contribution in [2.24, 2.45) is 5.41 Å². The molecule has 6 nitrogen and oxygen atoms in total. The molecular weight excluding hydrogens is 568 g/mol. The van der Waals surface area contributed by atoms with E-state index in [2.05, 4.69) is 72.9 Å². The van der Waals surface area contributed by atoms with Crippen molar-refractivity contribution in [3.8, 4) is 5.75 Å². The Kier molecular flexibility index (Phi) is 13.7. The van der Waals surface area contributed by atoms with Gasteiger partial charge in [0.2, 0.25) is 0 Å². The second-order valence-electron chi connectivity index (χ2n) is 13.8. The summed E-state index contributed by atoms with van der Waals surface area (Å²) < 4.78 is 36.8. The lowest BCUT2D eigenvalue weighted by Gasteiger charge is -2.36. The topological polar surface area (TPSA) is 55.4 Å². The quantitative estimate of drug-likeness (QED) is 0.0757. The van der Waals surface area contributed by atoms with E-state index in [-0.39, 0.29) is 35.6 Å². The van der Waals surface area contributed by atoms with Crippen LogP contribution in [0, 0.1) is 5.41 Å². The van der Waals surface area contributed by atoms with Gasteiger partial charge >= 0.3 is 0 Å². The number of benzene rings is 2. The van der Waals surface area contributed by atoms with Crippen molar-refractivity contribution in [1.82, 2.24) is 0 Å². The number of rotatable bonds is 17. The molecule has 2 aromatic carbocycles. The van der Waals surface area contributed by atoms with Crippen molar-refractivity contribution in [2.45, 2.75) is 110 Å². The van der Waals surface area contributed by atoms with Gasteiger partial charge in [0, 0.05) is 11.8 Å². The third-order valence-electron chi connectivity index (χ3n) is 8.80. The monoisotopic (exact) mass is 624 g/mol. The lowest BCUT2D eigenvalue weighted by molar-refractivity contribution is -0.147. The first-order valence-corrected chi connectivity index (χ1v) is 18.9. The zero-order chi connectivity index (χ0) is 32.2. The molecule has 0 radical (unpaired) electrons. The van der Waals surface area contributed by atoms with E-state index in [0.29, 0.717) is 19.8 Å². The summed E-state index contributed by atoms with van der Waals surface area (Å²) in [6.07, 6.45) is 8.93. The van der Waals surface area contributed by atoms with Crippen LogP contribution in [0.1, 0.15) is 71.9 Å². The van der Waals surface area contributed by atoms with E-state index in [1.807, 2.05) is 54.6 Å². The summed E-state index contributed by atoms with van der Waals surface area (Å²) in [5.74, 6) is 1.83. The van der Waals surface area contributed by atoms with Crippen molar-refractivity contribution >= 4 is 8.32 Å². The van der Waals surface area contributed by atoms with Crippen LogP contribution in [-0.2, 0) is 36.6 Å². The molecule has 3 atom stereocenters. The van der Waals surface area contributed by atoms with Gasteiger partial charge in [-0.1, -0.05) is 75.4 Å². The Morgan fingerprint density at radius 2 is 1.61 bits per heavy atom. The number of ether oxygens (including phenoxy) is 5. The van der Waals surface area contributed by atoms with Crippen LogP contribution in [0.15, 0.2) is 78.6 Å². The van der Waals surface area contributed by atoms with Crippen molar-refractivity contribution in [1.29, 1.82) is 0 Å². The molecule has 0 fully saturated rings. The normalized spacial score (nSPS) is 17.7. The fourth-order valence-electron chi connectivity index (χ4n) is 4.74. The predicted octanol–water partition coefficient (Wildman–Crippen LogP) is 9.22. The molecule has 0 spiro atoms. The molecule has 1 aliphatic rings. The Labute approximate surface area is 267 Å². The van der Waals surface area contributed by atoms with E-state index < -0.39 is 8.32 Å². The molecule has 0 saturated carbocycles. The summed E-state index contributed by atoms with van der Waals surface area (Å²) in [5, 5.41) is 0.194. The lowest BCUT2D eigenvalue weighted by Crippen LogP contribution is -2.40. The second kappa shape index (κ2) is 16.8. The lowest BCUT2D eigenvalue weighted by atomic mass is 9.87. The zero-order valence-electron chi connectivity index (χ0n) is 28.6. The van der Waals surface area contributed by atoms with Crippen LogP contribution in [-0.4, -0.2) is 47.1 Å². The van der Waals surface area contributed by atoms with Gasteiger partial charge in [-0.25, -0.2) is 0 Å². The Bertz CT molecular complexity index is 1170. The standard InChI is InChI=1S/C37H56O6Si/c1-29(41-28-39-26-30-15-11-10-12-16-30)34(40-27-31-19-21-32(38-7)22-20-31)25-33-17-13-18-35(43-33)37(5,6)23-14-24-42-44(8,9)36(2,3)4/h10-12,14-16,18-23,29,33-34H,13,17,24-28H2,1-9H3/t29-,33?,34-/m1/s1. The number of hydrogen-bond donors (Lipinski definition) is 0. The predicted molar refractivity (Wildman–Crippen MR) is 181 cm³/mol. The molecule has 0 bridgehead atoms. The molecule has 1 aliphatic heterocycles. The molecule has 3 rings (SSSR count). The van der Waals surface area contributed by atoms with E-state index in [0.717, 1.165) is 41.9 Å². The average molecular weight is 625 g/mol. The van der Waals surface area contributed by atoms with Gasteiger partial charge in [-0.15, -0.1) is 0 Å². The smallest absolute Gasteiger partial charge is 0.192 e. The van der Waals surface area contributed by atoms with Gasteiger partial charge in [-0.2, -0.15) is 0 Å². The molecule has 244 valence electrons. The van der Waals surface area contributed by atoms with Crippen LogP contribution in [0.25, 0.3) is 0 Å². The molecule has 1 unspecified atom stereocenters. The van der Waals surface area contributed by atoms with Crippen LogP contribution in [0.2, 0.25) is 18.1 Å². The molecule has 0 amide bonds. The molecule has 0 N–H and O–H groups in total. The van der Waals surface area contributed by atoms with Gasteiger partial charge in [0.1, 0.15) is 24.4 Å².